The maximum Gasteiger partial charge on any atom is 0.169 e. The van der Waals surface area contributed by atoms with Crippen LogP contribution in [0.5, 0.6) is 0 Å². The second kappa shape index (κ2) is 7.36. The largest absolute Gasteiger partial charge is 1.00 e. The molecule has 0 unspecified atom stereocenters. The van der Waals surface area contributed by atoms with Gasteiger partial charge in [0.25, 0.3) is 0 Å². The number of aromatic nitrogens is 1. The lowest BCUT2D eigenvalue weighted by Gasteiger charge is -2.06. The van der Waals surface area contributed by atoms with E-state index in [1.165, 1.54) is 16.8 Å². The van der Waals surface area contributed by atoms with Gasteiger partial charge in [0.05, 0.1) is 0 Å². The molecule has 0 aliphatic heterocycles. The molecule has 2 rings (SSSR count). The highest BCUT2D eigenvalue weighted by Gasteiger charge is 1.98. The van der Waals surface area contributed by atoms with E-state index < -0.39 is 0 Å². The molecule has 0 saturated heterocycles. The zero-order valence-electron chi connectivity index (χ0n) is 10.9. The van der Waals surface area contributed by atoms with Gasteiger partial charge in [-0.3, -0.25) is 0 Å². The molecule has 2 aromatic rings. The van der Waals surface area contributed by atoms with Gasteiger partial charge in [0, 0.05) is 24.4 Å². The lowest BCUT2D eigenvalue weighted by atomic mass is 10.2. The number of halogens is 1. The summed E-state index contributed by atoms with van der Waals surface area (Å²) in [6.45, 7) is 6.14. The first kappa shape index (κ1) is 15.0. The Morgan fingerprint density at radius 2 is 1.83 bits per heavy atom. The van der Waals surface area contributed by atoms with Gasteiger partial charge in [0.2, 0.25) is 0 Å². The molecule has 1 heterocycles. The Kier molecular flexibility index (Phi) is 6.12. The Labute approximate surface area is 126 Å². The number of benzene rings is 1. The molecule has 1 aromatic heterocycles. The molecule has 96 valence electrons. The Morgan fingerprint density at radius 1 is 1.11 bits per heavy atom. The molecule has 0 aliphatic rings. The van der Waals surface area contributed by atoms with Crippen LogP contribution in [0.4, 0.5) is 5.69 Å². The number of pyridine rings is 1. The quantitative estimate of drug-likeness (QED) is 0.600. The standard InChI is InChI=1S/C15H19N2.HI/c1-3-17-9-7-14(8-10-17)12-16-15-6-4-5-13(2)11-15;/h4-11,16H,3,12H2,1-2H3;1H/q+1;/p-1. The highest BCUT2D eigenvalue weighted by Crippen LogP contribution is 2.10. The van der Waals surface area contributed by atoms with E-state index in [1.54, 1.807) is 0 Å². The predicted octanol–water partition coefficient (Wildman–Crippen LogP) is -0.0815. The molecule has 0 aliphatic carbocycles. The molecule has 0 fully saturated rings. The van der Waals surface area contributed by atoms with Crippen LogP contribution in [-0.2, 0) is 13.1 Å². The van der Waals surface area contributed by atoms with E-state index in [0.29, 0.717) is 0 Å². The smallest absolute Gasteiger partial charge is 0.169 e. The summed E-state index contributed by atoms with van der Waals surface area (Å²) in [4.78, 5) is 0. The van der Waals surface area contributed by atoms with Crippen LogP contribution >= 0.6 is 0 Å². The van der Waals surface area contributed by atoms with Crippen LogP contribution in [0.25, 0.3) is 0 Å². The predicted molar refractivity (Wildman–Crippen MR) is 70.8 cm³/mol. The number of anilines is 1. The first-order chi connectivity index (χ1) is 8.28. The number of aryl methyl sites for hydroxylation is 2. The third kappa shape index (κ3) is 4.29. The van der Waals surface area contributed by atoms with Crippen molar-refractivity contribution >= 4 is 5.69 Å². The molecule has 0 spiro atoms. The highest BCUT2D eigenvalue weighted by atomic mass is 127. The molecule has 0 bridgehead atoms. The topological polar surface area (TPSA) is 15.9 Å². The molecule has 2 nitrogen and oxygen atoms in total. The third-order valence-electron chi connectivity index (χ3n) is 2.84. The molecule has 1 N–H and O–H groups in total. The SMILES string of the molecule is CC[n+]1ccc(CNc2cccc(C)c2)cc1.[I-]. The summed E-state index contributed by atoms with van der Waals surface area (Å²) < 4.78 is 2.16. The van der Waals surface area contributed by atoms with Crippen molar-refractivity contribution in [1.29, 1.82) is 0 Å². The fourth-order valence-corrected chi connectivity index (χ4v) is 1.78. The van der Waals surface area contributed by atoms with Crippen LogP contribution in [-0.4, -0.2) is 0 Å². The van der Waals surface area contributed by atoms with Crippen LogP contribution in [0.15, 0.2) is 48.8 Å². The molecule has 0 amide bonds. The van der Waals surface area contributed by atoms with Gasteiger partial charge in [-0.25, -0.2) is 4.57 Å². The molecular formula is C15H19IN2. The summed E-state index contributed by atoms with van der Waals surface area (Å²) in [6.07, 6.45) is 4.24. The van der Waals surface area contributed by atoms with E-state index in [-0.39, 0.29) is 24.0 Å². The highest BCUT2D eigenvalue weighted by molar-refractivity contribution is 5.45. The van der Waals surface area contributed by atoms with E-state index in [9.17, 15) is 0 Å². The summed E-state index contributed by atoms with van der Waals surface area (Å²) in [5, 5.41) is 3.43. The zero-order valence-corrected chi connectivity index (χ0v) is 13.0. The number of hydrogen-bond donors (Lipinski definition) is 1. The summed E-state index contributed by atoms with van der Waals surface area (Å²) in [5.74, 6) is 0. The summed E-state index contributed by atoms with van der Waals surface area (Å²) in [6, 6.07) is 12.8. The van der Waals surface area contributed by atoms with Crippen molar-refractivity contribution in [1.82, 2.24) is 0 Å². The van der Waals surface area contributed by atoms with Crippen molar-refractivity contribution < 1.29 is 28.5 Å². The number of rotatable bonds is 4. The molecular weight excluding hydrogens is 335 g/mol. The van der Waals surface area contributed by atoms with Gasteiger partial charge in [0.1, 0.15) is 6.54 Å². The van der Waals surface area contributed by atoms with Crippen molar-refractivity contribution in [2.45, 2.75) is 26.9 Å². The van der Waals surface area contributed by atoms with E-state index in [2.05, 4.69) is 72.5 Å². The van der Waals surface area contributed by atoms with E-state index in [1.807, 2.05) is 0 Å². The first-order valence-electron chi connectivity index (χ1n) is 6.06. The molecule has 0 atom stereocenters. The van der Waals surface area contributed by atoms with Gasteiger partial charge < -0.3 is 29.3 Å². The van der Waals surface area contributed by atoms with Crippen LogP contribution in [0.3, 0.4) is 0 Å². The lowest BCUT2D eigenvalue weighted by molar-refractivity contribution is -0.693. The Hall–Kier alpha value is -1.10. The van der Waals surface area contributed by atoms with Gasteiger partial charge in [-0.1, -0.05) is 12.1 Å². The van der Waals surface area contributed by atoms with E-state index in [4.69, 9.17) is 0 Å². The van der Waals surface area contributed by atoms with Crippen LogP contribution in [0.2, 0.25) is 0 Å². The van der Waals surface area contributed by atoms with Crippen LogP contribution in [0, 0.1) is 6.92 Å². The maximum absolute atomic E-state index is 3.43. The van der Waals surface area contributed by atoms with Gasteiger partial charge in [0.15, 0.2) is 12.4 Å². The number of nitrogens with zero attached hydrogens (tertiary/aromatic N) is 1. The average molecular weight is 354 g/mol. The van der Waals surface area contributed by atoms with Gasteiger partial charge >= 0.3 is 0 Å². The Morgan fingerprint density at radius 3 is 2.44 bits per heavy atom. The van der Waals surface area contributed by atoms with Gasteiger partial charge in [-0.05, 0) is 37.1 Å². The number of hydrogen-bond acceptors (Lipinski definition) is 1. The fraction of sp³-hybridized carbons (Fsp3) is 0.267. The van der Waals surface area contributed by atoms with Crippen LogP contribution in [0.1, 0.15) is 18.1 Å². The van der Waals surface area contributed by atoms with Crippen molar-refractivity contribution in [2.24, 2.45) is 0 Å². The van der Waals surface area contributed by atoms with Crippen molar-refractivity contribution in [3.63, 3.8) is 0 Å². The minimum atomic E-state index is 0. The zero-order chi connectivity index (χ0) is 12.1. The second-order valence-electron chi connectivity index (χ2n) is 4.26. The van der Waals surface area contributed by atoms with Crippen molar-refractivity contribution in [3.05, 3.63) is 59.9 Å². The van der Waals surface area contributed by atoms with Crippen molar-refractivity contribution in [2.75, 3.05) is 5.32 Å². The third-order valence-corrected chi connectivity index (χ3v) is 2.84. The monoisotopic (exact) mass is 354 g/mol. The molecule has 18 heavy (non-hydrogen) atoms. The molecule has 3 heteroatoms. The molecule has 1 aromatic carbocycles. The molecule has 0 saturated carbocycles. The fourth-order valence-electron chi connectivity index (χ4n) is 1.78. The summed E-state index contributed by atoms with van der Waals surface area (Å²) in [5.41, 5.74) is 3.76. The summed E-state index contributed by atoms with van der Waals surface area (Å²) >= 11 is 0. The normalized spacial score (nSPS) is 9.67. The maximum atomic E-state index is 3.43. The number of nitrogens with one attached hydrogen (secondary N) is 1. The first-order valence-corrected chi connectivity index (χ1v) is 6.06. The van der Waals surface area contributed by atoms with Gasteiger partial charge in [-0.15, -0.1) is 0 Å². The van der Waals surface area contributed by atoms with E-state index in [0.717, 1.165) is 13.1 Å². The van der Waals surface area contributed by atoms with Crippen molar-refractivity contribution in [3.8, 4) is 0 Å². The minimum Gasteiger partial charge on any atom is -1.00 e. The lowest BCUT2D eigenvalue weighted by Crippen LogP contribution is -3.00. The second-order valence-corrected chi connectivity index (χ2v) is 4.26. The van der Waals surface area contributed by atoms with Gasteiger partial charge in [-0.2, -0.15) is 0 Å². The van der Waals surface area contributed by atoms with Crippen LogP contribution < -0.4 is 33.9 Å². The van der Waals surface area contributed by atoms with E-state index >= 15 is 0 Å². The Balaban J connectivity index is 0.00000162. The average Bonchev–Trinajstić information content (AvgIpc) is 2.37. The summed E-state index contributed by atoms with van der Waals surface area (Å²) in [7, 11) is 0. The molecule has 0 radical (unpaired) electrons. The Bertz CT molecular complexity index is 480. The minimum absolute atomic E-state index is 0.